The van der Waals surface area contributed by atoms with Gasteiger partial charge in [0.1, 0.15) is 0 Å². The molecule has 0 saturated heterocycles. The van der Waals surface area contributed by atoms with Gasteiger partial charge in [0.15, 0.2) is 5.82 Å². The smallest absolute Gasteiger partial charge is 0.150 e. The van der Waals surface area contributed by atoms with E-state index in [1.54, 1.807) is 7.11 Å². The molecule has 1 heterocycles. The number of nitrogens with zero attached hydrogens (tertiary/aromatic N) is 3. The van der Waals surface area contributed by atoms with E-state index in [4.69, 9.17) is 10.5 Å². The van der Waals surface area contributed by atoms with Crippen LogP contribution in [-0.2, 0) is 11.3 Å². The number of aromatic nitrogens is 2. The molecule has 0 bridgehead atoms. The third-order valence-corrected chi connectivity index (χ3v) is 3.01. The van der Waals surface area contributed by atoms with Crippen LogP contribution in [0, 0.1) is 6.92 Å². The van der Waals surface area contributed by atoms with E-state index >= 15 is 0 Å². The van der Waals surface area contributed by atoms with Gasteiger partial charge >= 0.3 is 0 Å². The lowest BCUT2D eigenvalue weighted by atomic mass is 10.2. The average Bonchev–Trinajstić information content (AvgIpc) is 2.57. The molecular weight excluding hydrogens is 228 g/mol. The van der Waals surface area contributed by atoms with E-state index in [9.17, 15) is 0 Å². The van der Waals surface area contributed by atoms with Gasteiger partial charge in [0.2, 0.25) is 0 Å². The Morgan fingerprint density at radius 1 is 1.44 bits per heavy atom. The number of anilines is 2. The van der Waals surface area contributed by atoms with Gasteiger partial charge in [-0.25, -0.2) is 4.68 Å². The Morgan fingerprint density at radius 2 is 2.11 bits per heavy atom. The van der Waals surface area contributed by atoms with Crippen molar-refractivity contribution in [2.75, 3.05) is 30.9 Å². The lowest BCUT2D eigenvalue weighted by Crippen LogP contribution is -2.36. The fourth-order valence-electron chi connectivity index (χ4n) is 2.05. The van der Waals surface area contributed by atoms with Gasteiger partial charge in [-0.05, 0) is 27.2 Å². The van der Waals surface area contributed by atoms with Crippen molar-refractivity contribution in [2.24, 2.45) is 0 Å². The molecule has 0 spiro atoms. The summed E-state index contributed by atoms with van der Waals surface area (Å²) < 4.78 is 7.19. The Morgan fingerprint density at radius 3 is 2.61 bits per heavy atom. The number of nitrogen functional groups attached to an aromatic ring is 1. The Balaban J connectivity index is 3.08. The van der Waals surface area contributed by atoms with Gasteiger partial charge in [-0.2, -0.15) is 5.10 Å². The summed E-state index contributed by atoms with van der Waals surface area (Å²) in [6, 6.07) is 0.370. The van der Waals surface area contributed by atoms with Gasteiger partial charge < -0.3 is 15.4 Å². The molecule has 0 saturated carbocycles. The summed E-state index contributed by atoms with van der Waals surface area (Å²) in [4.78, 5) is 2.26. The van der Waals surface area contributed by atoms with Gasteiger partial charge in [0.05, 0.1) is 18.0 Å². The van der Waals surface area contributed by atoms with Crippen LogP contribution in [0.15, 0.2) is 0 Å². The summed E-state index contributed by atoms with van der Waals surface area (Å²) in [7, 11) is 1.72. The number of hydrogen-bond donors (Lipinski definition) is 1. The number of nitrogens with two attached hydrogens (primary N) is 1. The van der Waals surface area contributed by atoms with Gasteiger partial charge in [-0.15, -0.1) is 0 Å². The lowest BCUT2D eigenvalue weighted by molar-refractivity contribution is 0.203. The monoisotopic (exact) mass is 254 g/mol. The summed E-state index contributed by atoms with van der Waals surface area (Å²) in [6.45, 7) is 10.8. The minimum Gasteiger partial charge on any atom is -0.394 e. The molecule has 0 radical (unpaired) electrons. The van der Waals surface area contributed by atoms with E-state index in [0.29, 0.717) is 12.6 Å². The van der Waals surface area contributed by atoms with Crippen molar-refractivity contribution in [3.05, 3.63) is 5.69 Å². The molecular formula is C13H26N4O. The molecule has 0 aliphatic carbocycles. The average molecular weight is 254 g/mol. The van der Waals surface area contributed by atoms with Gasteiger partial charge in [-0.3, -0.25) is 0 Å². The zero-order valence-electron chi connectivity index (χ0n) is 12.2. The summed E-state index contributed by atoms with van der Waals surface area (Å²) in [5.74, 6) is 1.03. The molecule has 0 fully saturated rings. The molecule has 5 heteroatoms. The second kappa shape index (κ2) is 6.64. The van der Waals surface area contributed by atoms with Gasteiger partial charge in [0, 0.05) is 26.2 Å². The predicted octanol–water partition coefficient (Wildman–Crippen LogP) is 2.04. The standard InChI is InChI=1S/C13H26N4O/c1-6-7-17-13(12(14)11(4)15-17)16(10(2)3)8-9-18-5/h10H,6-9,14H2,1-5H3. The maximum atomic E-state index is 6.18. The van der Waals surface area contributed by atoms with Gasteiger partial charge in [0.25, 0.3) is 0 Å². The number of methoxy groups -OCH3 is 1. The SMILES string of the molecule is CCCn1nc(C)c(N)c1N(CCOC)C(C)C. The van der Waals surface area contributed by atoms with Crippen LogP contribution in [0.1, 0.15) is 32.9 Å². The Hall–Kier alpha value is -1.23. The fourth-order valence-corrected chi connectivity index (χ4v) is 2.05. The van der Waals surface area contributed by atoms with Crippen LogP contribution < -0.4 is 10.6 Å². The molecule has 0 atom stereocenters. The minimum absolute atomic E-state index is 0.370. The molecule has 0 unspecified atom stereocenters. The van der Waals surface area contributed by atoms with E-state index in [-0.39, 0.29) is 0 Å². The largest absolute Gasteiger partial charge is 0.394 e. The van der Waals surface area contributed by atoms with E-state index in [2.05, 4.69) is 30.8 Å². The van der Waals surface area contributed by atoms with Crippen LogP contribution in [0.4, 0.5) is 11.5 Å². The van der Waals surface area contributed by atoms with Crippen molar-refractivity contribution in [1.82, 2.24) is 9.78 Å². The molecule has 2 N–H and O–H groups in total. The van der Waals surface area contributed by atoms with Crippen LogP contribution >= 0.6 is 0 Å². The molecule has 0 aromatic carbocycles. The highest BCUT2D eigenvalue weighted by Gasteiger charge is 2.20. The third kappa shape index (κ3) is 3.16. The molecule has 5 nitrogen and oxygen atoms in total. The second-order valence-electron chi connectivity index (χ2n) is 4.83. The first-order valence-corrected chi connectivity index (χ1v) is 6.61. The van der Waals surface area contributed by atoms with Gasteiger partial charge in [-0.1, -0.05) is 6.92 Å². The first kappa shape index (κ1) is 14.8. The maximum absolute atomic E-state index is 6.18. The molecule has 18 heavy (non-hydrogen) atoms. The van der Waals surface area contributed by atoms with Crippen LogP contribution in [0.25, 0.3) is 0 Å². The van der Waals surface area contributed by atoms with Crippen molar-refractivity contribution in [2.45, 2.75) is 46.7 Å². The molecule has 1 aromatic rings. The minimum atomic E-state index is 0.370. The first-order chi connectivity index (χ1) is 8.52. The third-order valence-electron chi connectivity index (χ3n) is 3.01. The number of rotatable bonds is 7. The molecule has 1 aromatic heterocycles. The molecule has 104 valence electrons. The zero-order valence-corrected chi connectivity index (χ0v) is 12.2. The summed E-state index contributed by atoms with van der Waals surface area (Å²) in [5.41, 5.74) is 7.87. The predicted molar refractivity (Wildman–Crippen MR) is 76.0 cm³/mol. The van der Waals surface area contributed by atoms with Crippen LogP contribution in [0.5, 0.6) is 0 Å². The summed E-state index contributed by atoms with van der Waals surface area (Å²) in [5, 5.41) is 4.52. The number of aryl methyl sites for hydroxylation is 2. The van der Waals surface area contributed by atoms with Crippen LogP contribution in [-0.4, -0.2) is 36.1 Å². The number of ether oxygens (including phenoxy) is 1. The van der Waals surface area contributed by atoms with E-state index in [1.165, 1.54) is 0 Å². The number of hydrogen-bond acceptors (Lipinski definition) is 4. The van der Waals surface area contributed by atoms with Crippen molar-refractivity contribution < 1.29 is 4.74 Å². The highest BCUT2D eigenvalue weighted by Crippen LogP contribution is 2.28. The van der Waals surface area contributed by atoms with Crippen molar-refractivity contribution in [3.8, 4) is 0 Å². The highest BCUT2D eigenvalue weighted by molar-refractivity contribution is 5.66. The molecule has 0 amide bonds. The normalized spacial score (nSPS) is 11.2. The maximum Gasteiger partial charge on any atom is 0.150 e. The van der Waals surface area contributed by atoms with E-state index in [1.807, 2.05) is 11.6 Å². The first-order valence-electron chi connectivity index (χ1n) is 6.61. The Kier molecular flexibility index (Phi) is 5.47. The fraction of sp³-hybridized carbons (Fsp3) is 0.769. The summed E-state index contributed by atoms with van der Waals surface area (Å²) >= 11 is 0. The van der Waals surface area contributed by atoms with Crippen LogP contribution in [0.3, 0.4) is 0 Å². The zero-order chi connectivity index (χ0) is 13.7. The quantitative estimate of drug-likeness (QED) is 0.809. The Labute approximate surface area is 110 Å². The van der Waals surface area contributed by atoms with E-state index < -0.39 is 0 Å². The van der Waals surface area contributed by atoms with Crippen molar-refractivity contribution in [1.29, 1.82) is 0 Å². The second-order valence-corrected chi connectivity index (χ2v) is 4.83. The van der Waals surface area contributed by atoms with Crippen LogP contribution in [0.2, 0.25) is 0 Å². The molecule has 1 rings (SSSR count). The lowest BCUT2D eigenvalue weighted by Gasteiger charge is -2.29. The molecule has 0 aliphatic rings. The van der Waals surface area contributed by atoms with Crippen molar-refractivity contribution >= 4 is 11.5 Å². The topological polar surface area (TPSA) is 56.3 Å². The Bertz CT molecular complexity index is 373. The molecule has 0 aliphatic heterocycles. The summed E-state index contributed by atoms with van der Waals surface area (Å²) in [6.07, 6.45) is 1.05. The highest BCUT2D eigenvalue weighted by atomic mass is 16.5. The van der Waals surface area contributed by atoms with E-state index in [0.717, 1.165) is 36.7 Å². The van der Waals surface area contributed by atoms with Crippen molar-refractivity contribution in [3.63, 3.8) is 0 Å².